The highest BCUT2D eigenvalue weighted by Crippen LogP contribution is 2.12. The van der Waals surface area contributed by atoms with E-state index in [2.05, 4.69) is 22.1 Å². The third kappa shape index (κ3) is 8.44. The number of rotatable bonds is 9. The van der Waals surface area contributed by atoms with Crippen molar-refractivity contribution in [1.29, 1.82) is 0 Å². The minimum absolute atomic E-state index is 0. The fraction of sp³-hybridized carbons (Fsp3) is 0.562. The quantitative estimate of drug-likeness (QED) is 0.156. The van der Waals surface area contributed by atoms with E-state index in [0.717, 1.165) is 30.9 Å². The van der Waals surface area contributed by atoms with Crippen molar-refractivity contribution in [2.75, 3.05) is 33.9 Å². The van der Waals surface area contributed by atoms with Crippen LogP contribution < -0.4 is 5.32 Å². The van der Waals surface area contributed by atoms with Gasteiger partial charge in [0.1, 0.15) is 0 Å². The molecule has 7 nitrogen and oxygen atoms in total. The Morgan fingerprint density at radius 1 is 1.38 bits per heavy atom. The molecule has 1 rings (SSSR count). The molecule has 8 heteroatoms. The highest BCUT2D eigenvalue weighted by molar-refractivity contribution is 14.0. The third-order valence-corrected chi connectivity index (χ3v) is 3.36. The number of unbranched alkanes of at least 4 members (excludes halogenated alkanes) is 1. The topological polar surface area (TPSA) is 80.0 Å². The maximum Gasteiger partial charge on any atom is 0.269 e. The molecular weight excluding hydrogens is 423 g/mol. The van der Waals surface area contributed by atoms with Crippen molar-refractivity contribution in [2.45, 2.75) is 26.3 Å². The molecule has 0 spiro atoms. The number of non-ortho nitro benzene ring substituents is 1. The first-order chi connectivity index (χ1) is 11.1. The molecule has 0 aliphatic heterocycles. The second-order valence-corrected chi connectivity index (χ2v) is 5.26. The summed E-state index contributed by atoms with van der Waals surface area (Å²) in [6.07, 6.45) is 2.22. The second kappa shape index (κ2) is 12.9. The monoisotopic (exact) mass is 450 g/mol. The molecule has 0 aliphatic rings. The van der Waals surface area contributed by atoms with Crippen LogP contribution in [0, 0.1) is 10.1 Å². The molecule has 0 fully saturated rings. The minimum atomic E-state index is -0.399. The maximum absolute atomic E-state index is 10.7. The van der Waals surface area contributed by atoms with Gasteiger partial charge in [-0.2, -0.15) is 0 Å². The van der Waals surface area contributed by atoms with Crippen LogP contribution >= 0.6 is 24.0 Å². The van der Waals surface area contributed by atoms with E-state index in [4.69, 9.17) is 4.74 Å². The Morgan fingerprint density at radius 2 is 2.04 bits per heavy atom. The Bertz CT molecular complexity index is 509. The van der Waals surface area contributed by atoms with Crippen molar-refractivity contribution >= 4 is 35.6 Å². The first kappa shape index (κ1) is 22.6. The van der Waals surface area contributed by atoms with Gasteiger partial charge in [0, 0.05) is 39.4 Å². The van der Waals surface area contributed by atoms with E-state index in [0.29, 0.717) is 19.7 Å². The average Bonchev–Trinajstić information content (AvgIpc) is 2.56. The van der Waals surface area contributed by atoms with Gasteiger partial charge in [-0.3, -0.25) is 10.1 Å². The Kier molecular flexibility index (Phi) is 12.2. The van der Waals surface area contributed by atoms with Gasteiger partial charge in [-0.1, -0.05) is 25.5 Å². The summed E-state index contributed by atoms with van der Waals surface area (Å²) in [5.41, 5.74) is 1.03. The van der Waals surface area contributed by atoms with Crippen molar-refractivity contribution in [3.63, 3.8) is 0 Å². The van der Waals surface area contributed by atoms with Crippen molar-refractivity contribution in [3.8, 4) is 0 Å². The fourth-order valence-corrected chi connectivity index (χ4v) is 1.97. The maximum atomic E-state index is 10.7. The molecule has 1 N–H and O–H groups in total. The zero-order valence-corrected chi connectivity index (χ0v) is 16.9. The number of nitro groups is 1. The summed E-state index contributed by atoms with van der Waals surface area (Å²) >= 11 is 0. The summed E-state index contributed by atoms with van der Waals surface area (Å²) in [4.78, 5) is 17.0. The highest BCUT2D eigenvalue weighted by Gasteiger charge is 2.07. The molecule has 1 aromatic carbocycles. The molecule has 0 heterocycles. The molecule has 0 aliphatic carbocycles. The summed E-state index contributed by atoms with van der Waals surface area (Å²) in [6.45, 7) is 4.85. The molecule has 0 aromatic heterocycles. The predicted molar refractivity (Wildman–Crippen MR) is 107 cm³/mol. The lowest BCUT2D eigenvalue weighted by Gasteiger charge is -2.22. The number of ether oxygens (including phenoxy) is 1. The minimum Gasteiger partial charge on any atom is -0.383 e. The number of hydrogen-bond donors (Lipinski definition) is 1. The van der Waals surface area contributed by atoms with Crippen LogP contribution in [0.4, 0.5) is 5.69 Å². The summed E-state index contributed by atoms with van der Waals surface area (Å²) in [6, 6.07) is 6.48. The van der Waals surface area contributed by atoms with Gasteiger partial charge in [-0.15, -0.1) is 24.0 Å². The fourth-order valence-electron chi connectivity index (χ4n) is 1.97. The number of hydrogen-bond acceptors (Lipinski definition) is 4. The predicted octanol–water partition coefficient (Wildman–Crippen LogP) is 3.04. The number of guanidine groups is 1. The van der Waals surface area contributed by atoms with E-state index in [-0.39, 0.29) is 29.7 Å². The Hall–Kier alpha value is -1.42. The molecule has 1 aromatic rings. The summed E-state index contributed by atoms with van der Waals surface area (Å²) in [5, 5.41) is 13.9. The number of nitrogens with zero attached hydrogens (tertiary/aromatic N) is 3. The lowest BCUT2D eigenvalue weighted by atomic mass is 10.2. The first-order valence-electron chi connectivity index (χ1n) is 7.80. The van der Waals surface area contributed by atoms with Crippen LogP contribution in [-0.4, -0.2) is 49.6 Å². The molecule has 24 heavy (non-hydrogen) atoms. The molecule has 0 amide bonds. The smallest absolute Gasteiger partial charge is 0.269 e. The molecule has 136 valence electrons. The summed E-state index contributed by atoms with van der Waals surface area (Å²) < 4.78 is 5.05. The zero-order chi connectivity index (χ0) is 17.1. The number of benzene rings is 1. The lowest BCUT2D eigenvalue weighted by Crippen LogP contribution is -2.40. The number of nitro benzene ring substituents is 1. The molecule has 0 atom stereocenters. The third-order valence-electron chi connectivity index (χ3n) is 3.36. The van der Waals surface area contributed by atoms with Crippen molar-refractivity contribution in [3.05, 3.63) is 39.9 Å². The largest absolute Gasteiger partial charge is 0.383 e. The van der Waals surface area contributed by atoms with Crippen LogP contribution in [0.15, 0.2) is 29.3 Å². The van der Waals surface area contributed by atoms with Gasteiger partial charge in [-0.25, -0.2) is 4.99 Å². The van der Waals surface area contributed by atoms with Crippen molar-refractivity contribution < 1.29 is 9.66 Å². The van der Waals surface area contributed by atoms with Crippen LogP contribution in [0.1, 0.15) is 25.3 Å². The average molecular weight is 450 g/mol. The van der Waals surface area contributed by atoms with E-state index in [9.17, 15) is 10.1 Å². The van der Waals surface area contributed by atoms with Crippen molar-refractivity contribution in [2.24, 2.45) is 4.99 Å². The SMILES string of the molecule is CCCCN(C)C(=NCc1ccc([N+](=O)[O-])cc1)NCCOC.I. The van der Waals surface area contributed by atoms with Gasteiger partial charge in [-0.05, 0) is 12.0 Å². The second-order valence-electron chi connectivity index (χ2n) is 5.26. The summed E-state index contributed by atoms with van der Waals surface area (Å²) in [7, 11) is 3.67. The van der Waals surface area contributed by atoms with Crippen LogP contribution in [0.2, 0.25) is 0 Å². The van der Waals surface area contributed by atoms with Crippen LogP contribution in [-0.2, 0) is 11.3 Å². The van der Waals surface area contributed by atoms with Crippen molar-refractivity contribution in [1.82, 2.24) is 10.2 Å². The Labute approximate surface area is 160 Å². The molecular formula is C16H27IN4O3. The van der Waals surface area contributed by atoms with Crippen LogP contribution in [0.3, 0.4) is 0 Å². The van der Waals surface area contributed by atoms with E-state index < -0.39 is 4.92 Å². The zero-order valence-electron chi connectivity index (χ0n) is 14.5. The van der Waals surface area contributed by atoms with Crippen LogP contribution in [0.25, 0.3) is 0 Å². The number of aliphatic imine (C=N–C) groups is 1. The Balaban J connectivity index is 0.00000529. The molecule has 0 unspecified atom stereocenters. The number of methoxy groups -OCH3 is 1. The Morgan fingerprint density at radius 3 is 2.58 bits per heavy atom. The van der Waals surface area contributed by atoms with Gasteiger partial charge < -0.3 is 15.0 Å². The molecule has 0 radical (unpaired) electrons. The van der Waals surface area contributed by atoms with E-state index >= 15 is 0 Å². The van der Waals surface area contributed by atoms with E-state index in [1.807, 2.05) is 7.05 Å². The van der Waals surface area contributed by atoms with E-state index in [1.165, 1.54) is 12.1 Å². The number of nitrogens with one attached hydrogen (secondary N) is 1. The van der Waals surface area contributed by atoms with Gasteiger partial charge >= 0.3 is 0 Å². The van der Waals surface area contributed by atoms with Gasteiger partial charge in [0.25, 0.3) is 5.69 Å². The highest BCUT2D eigenvalue weighted by atomic mass is 127. The molecule has 0 saturated heterocycles. The lowest BCUT2D eigenvalue weighted by molar-refractivity contribution is -0.384. The van der Waals surface area contributed by atoms with Gasteiger partial charge in [0.15, 0.2) is 5.96 Å². The standard InChI is InChI=1S/C16H26N4O3.HI/c1-4-5-11-19(2)16(17-10-12-23-3)18-13-14-6-8-15(9-7-14)20(21)22;/h6-9H,4-5,10-13H2,1-3H3,(H,17,18);1H. The first-order valence-corrected chi connectivity index (χ1v) is 7.80. The summed E-state index contributed by atoms with van der Waals surface area (Å²) in [5.74, 6) is 0.814. The molecule has 0 saturated carbocycles. The van der Waals surface area contributed by atoms with Crippen LogP contribution in [0.5, 0.6) is 0 Å². The number of halogens is 1. The van der Waals surface area contributed by atoms with E-state index in [1.54, 1.807) is 19.2 Å². The molecule has 0 bridgehead atoms. The van der Waals surface area contributed by atoms with Gasteiger partial charge in [0.05, 0.1) is 18.1 Å². The van der Waals surface area contributed by atoms with Gasteiger partial charge in [0.2, 0.25) is 0 Å². The normalized spacial score (nSPS) is 10.9.